The highest BCUT2D eigenvalue weighted by atomic mass is 15.1. The summed E-state index contributed by atoms with van der Waals surface area (Å²) in [7, 11) is 3.77. The second kappa shape index (κ2) is 1.61. The number of rotatable bonds is 0. The lowest BCUT2D eigenvalue weighted by Gasteiger charge is -2.13. The minimum absolute atomic E-state index is 1.21. The Hall–Kier alpha value is -0.0400. The van der Waals surface area contributed by atoms with Gasteiger partial charge in [-0.15, -0.1) is 0 Å². The van der Waals surface area contributed by atoms with Gasteiger partial charge in [0.05, 0.1) is 0 Å². The van der Waals surface area contributed by atoms with Crippen LogP contribution in [0.4, 0.5) is 0 Å². The van der Waals surface area contributed by atoms with Gasteiger partial charge in [-0.2, -0.15) is 0 Å². The van der Waals surface area contributed by atoms with E-state index in [4.69, 9.17) is 0 Å². The van der Waals surface area contributed by atoms with Crippen molar-refractivity contribution < 1.29 is 0 Å². The zero-order valence-corrected chi connectivity index (χ0v) is 3.98. The fourth-order valence-electron chi connectivity index (χ4n) is 0.783. The van der Waals surface area contributed by atoms with Crippen LogP contribution in [-0.2, 0) is 0 Å². The van der Waals surface area contributed by atoms with Crippen molar-refractivity contribution in [3.63, 3.8) is 0 Å². The van der Waals surface area contributed by atoms with Gasteiger partial charge in [-0.3, -0.25) is 7.05 Å². The lowest BCUT2D eigenvalue weighted by Crippen LogP contribution is -2.07. The van der Waals surface area contributed by atoms with Gasteiger partial charge >= 0.3 is 0 Å². The van der Waals surface area contributed by atoms with Gasteiger partial charge in [-0.1, -0.05) is 0 Å². The van der Waals surface area contributed by atoms with Crippen LogP contribution in [0.2, 0.25) is 0 Å². The zero-order valence-electron chi connectivity index (χ0n) is 3.98. The highest BCUT2D eigenvalue weighted by Gasteiger charge is 1.97. The van der Waals surface area contributed by atoms with Crippen LogP contribution in [0.5, 0.6) is 0 Å². The minimum Gasteiger partial charge on any atom is -0.459 e. The van der Waals surface area contributed by atoms with Crippen molar-refractivity contribution in [2.45, 2.75) is 12.8 Å². The topological polar surface area (TPSA) is 3.24 Å². The molecule has 0 aromatic carbocycles. The van der Waals surface area contributed by atoms with Crippen LogP contribution in [0.15, 0.2) is 0 Å². The first kappa shape index (κ1) is 4.13. The van der Waals surface area contributed by atoms with Gasteiger partial charge in [-0.05, 0) is 25.9 Å². The van der Waals surface area contributed by atoms with Crippen LogP contribution in [-0.4, -0.2) is 18.0 Å². The van der Waals surface area contributed by atoms with Gasteiger partial charge in [0.2, 0.25) is 0 Å². The summed E-state index contributed by atoms with van der Waals surface area (Å²) < 4.78 is 0. The van der Waals surface area contributed by atoms with E-state index in [0.717, 1.165) is 0 Å². The van der Waals surface area contributed by atoms with Gasteiger partial charge in [0.15, 0.2) is 0 Å². The fraction of sp³-hybridized carbons (Fsp3) is 0.800. The Morgan fingerprint density at radius 3 is 1.83 bits per heavy atom. The molecule has 0 aliphatic carbocycles. The molecular formula is C5H10N-. The van der Waals surface area contributed by atoms with Crippen molar-refractivity contribution in [2.24, 2.45) is 0 Å². The SMILES string of the molecule is [CH2-]N1CCCC1. The monoisotopic (exact) mass is 84.1 g/mol. The Bertz CT molecular complexity index is 37.2. The molecule has 0 atom stereocenters. The minimum atomic E-state index is 1.21. The molecule has 0 radical (unpaired) electrons. The van der Waals surface area contributed by atoms with Crippen molar-refractivity contribution in [3.8, 4) is 0 Å². The van der Waals surface area contributed by atoms with E-state index in [1.807, 2.05) is 0 Å². The molecule has 0 N–H and O–H groups in total. The summed E-state index contributed by atoms with van der Waals surface area (Å²) in [6, 6.07) is 0. The van der Waals surface area contributed by atoms with Crippen molar-refractivity contribution >= 4 is 0 Å². The molecule has 6 heavy (non-hydrogen) atoms. The molecule has 1 nitrogen and oxygen atoms in total. The third kappa shape index (κ3) is 0.716. The summed E-state index contributed by atoms with van der Waals surface area (Å²) >= 11 is 0. The second-order valence-electron chi connectivity index (χ2n) is 1.83. The normalized spacial score (nSPS) is 25.5. The first-order valence-electron chi connectivity index (χ1n) is 2.45. The first-order chi connectivity index (χ1) is 2.89. The molecule has 0 bridgehead atoms. The van der Waals surface area contributed by atoms with Crippen molar-refractivity contribution in [3.05, 3.63) is 7.05 Å². The van der Waals surface area contributed by atoms with Gasteiger partial charge < -0.3 is 4.90 Å². The lowest BCUT2D eigenvalue weighted by molar-refractivity contribution is 0.462. The summed E-state index contributed by atoms with van der Waals surface area (Å²) in [6.45, 7) is 2.42. The molecular weight excluding hydrogens is 74.1 g/mol. The van der Waals surface area contributed by atoms with Crippen molar-refractivity contribution in [2.75, 3.05) is 13.1 Å². The van der Waals surface area contributed by atoms with E-state index >= 15 is 0 Å². The van der Waals surface area contributed by atoms with Gasteiger partial charge in [-0.25, -0.2) is 0 Å². The Morgan fingerprint density at radius 2 is 1.67 bits per heavy atom. The predicted molar refractivity (Wildman–Crippen MR) is 26.2 cm³/mol. The molecule has 0 amide bonds. The van der Waals surface area contributed by atoms with Crippen LogP contribution in [0.3, 0.4) is 0 Å². The second-order valence-corrected chi connectivity index (χ2v) is 1.83. The summed E-state index contributed by atoms with van der Waals surface area (Å²) in [5, 5.41) is 0. The Morgan fingerprint density at radius 1 is 1.17 bits per heavy atom. The van der Waals surface area contributed by atoms with E-state index in [2.05, 4.69) is 11.9 Å². The number of nitrogens with zero attached hydrogens (tertiary/aromatic N) is 1. The van der Waals surface area contributed by atoms with Crippen LogP contribution >= 0.6 is 0 Å². The lowest BCUT2D eigenvalue weighted by atomic mass is 10.4. The number of hydrogen-bond acceptors (Lipinski definition) is 1. The Labute approximate surface area is 39.0 Å². The molecule has 1 saturated heterocycles. The average molecular weight is 84.1 g/mol. The highest BCUT2D eigenvalue weighted by molar-refractivity contribution is 4.62. The zero-order chi connectivity index (χ0) is 4.41. The maximum atomic E-state index is 3.77. The molecule has 1 aliphatic heterocycles. The molecule has 36 valence electrons. The molecule has 1 fully saturated rings. The molecule has 1 heteroatoms. The first-order valence-corrected chi connectivity index (χ1v) is 2.45. The molecule has 0 aromatic rings. The van der Waals surface area contributed by atoms with Gasteiger partial charge in [0, 0.05) is 0 Å². The predicted octanol–water partition coefficient (Wildman–Crippen LogP) is 0.874. The van der Waals surface area contributed by atoms with Crippen molar-refractivity contribution in [1.29, 1.82) is 0 Å². The van der Waals surface area contributed by atoms with Crippen LogP contribution in [0, 0.1) is 7.05 Å². The maximum Gasteiger partial charge on any atom is -0.0303 e. The molecule has 0 spiro atoms. The molecule has 0 aromatic heterocycles. The van der Waals surface area contributed by atoms with E-state index in [-0.39, 0.29) is 0 Å². The third-order valence-corrected chi connectivity index (χ3v) is 1.20. The Balaban J connectivity index is 2.18. The van der Waals surface area contributed by atoms with Gasteiger partial charge in [0.1, 0.15) is 0 Å². The van der Waals surface area contributed by atoms with Crippen LogP contribution in [0.1, 0.15) is 12.8 Å². The Kier molecular flexibility index (Phi) is 1.10. The van der Waals surface area contributed by atoms with E-state index < -0.39 is 0 Å². The standard InChI is InChI=1S/C5H10N/c1-6-4-2-3-5-6/h1-5H2/q-1. The molecule has 1 aliphatic rings. The average Bonchev–Trinajstić information content (AvgIpc) is 1.86. The smallest absolute Gasteiger partial charge is 0.0303 e. The molecule has 0 unspecified atom stereocenters. The van der Waals surface area contributed by atoms with Crippen molar-refractivity contribution in [1.82, 2.24) is 4.90 Å². The molecule has 0 saturated carbocycles. The summed E-state index contributed by atoms with van der Waals surface area (Å²) in [6.07, 6.45) is 2.70. The van der Waals surface area contributed by atoms with E-state index in [9.17, 15) is 0 Å². The largest absolute Gasteiger partial charge is 0.459 e. The molecule has 1 rings (SSSR count). The highest BCUT2D eigenvalue weighted by Crippen LogP contribution is 2.03. The van der Waals surface area contributed by atoms with E-state index in [1.54, 1.807) is 0 Å². The number of hydrogen-bond donors (Lipinski definition) is 0. The quantitative estimate of drug-likeness (QED) is 0.394. The van der Waals surface area contributed by atoms with Crippen LogP contribution < -0.4 is 0 Å². The van der Waals surface area contributed by atoms with E-state index in [1.165, 1.54) is 25.9 Å². The summed E-state index contributed by atoms with van der Waals surface area (Å²) in [5.41, 5.74) is 0. The summed E-state index contributed by atoms with van der Waals surface area (Å²) in [4.78, 5) is 2.11. The molecule has 1 heterocycles. The maximum absolute atomic E-state index is 3.77. The third-order valence-electron chi connectivity index (χ3n) is 1.20. The number of likely N-dealkylation sites (tertiary alicyclic amines) is 1. The van der Waals surface area contributed by atoms with Crippen LogP contribution in [0.25, 0.3) is 0 Å². The fourth-order valence-corrected chi connectivity index (χ4v) is 0.783. The van der Waals surface area contributed by atoms with Gasteiger partial charge in [0.25, 0.3) is 0 Å². The van der Waals surface area contributed by atoms with E-state index in [0.29, 0.717) is 0 Å². The summed E-state index contributed by atoms with van der Waals surface area (Å²) in [5.74, 6) is 0.